The average molecular weight is 280 g/mol. The Morgan fingerprint density at radius 2 is 1.90 bits per heavy atom. The number of nitrogens with two attached hydrogens (primary N) is 1. The van der Waals surface area contributed by atoms with Gasteiger partial charge in [0, 0.05) is 13.0 Å². The molecule has 4 heteroatoms. The van der Waals surface area contributed by atoms with Gasteiger partial charge < -0.3 is 15.6 Å². The third kappa shape index (κ3) is 2.48. The predicted molar refractivity (Wildman–Crippen MR) is 79.7 cm³/mol. The molecule has 0 saturated heterocycles. The monoisotopic (exact) mass is 280 g/mol. The molecule has 0 aromatic rings. The van der Waals surface area contributed by atoms with Crippen LogP contribution in [0.2, 0.25) is 0 Å². The van der Waals surface area contributed by atoms with Crippen LogP contribution < -0.4 is 5.73 Å². The van der Waals surface area contributed by atoms with E-state index in [-0.39, 0.29) is 12.0 Å². The van der Waals surface area contributed by atoms with Gasteiger partial charge in [-0.1, -0.05) is 12.8 Å². The van der Waals surface area contributed by atoms with Gasteiger partial charge in [0.25, 0.3) is 0 Å². The Morgan fingerprint density at radius 1 is 1.20 bits per heavy atom. The van der Waals surface area contributed by atoms with Gasteiger partial charge in [-0.3, -0.25) is 4.99 Å². The van der Waals surface area contributed by atoms with Crippen LogP contribution in [0.4, 0.5) is 0 Å². The molecular weight excluding hydrogens is 252 g/mol. The Bertz CT molecular complexity index is 377. The van der Waals surface area contributed by atoms with Crippen LogP contribution >= 0.6 is 0 Å². The number of amidine groups is 1. The molecule has 114 valence electrons. The van der Waals surface area contributed by atoms with Crippen LogP contribution in [0, 0.1) is 11.8 Å². The van der Waals surface area contributed by atoms with E-state index in [9.17, 15) is 5.11 Å². The Balaban J connectivity index is 1.65. The quantitative estimate of drug-likeness (QED) is 0.833. The molecule has 0 aromatic heterocycles. The molecule has 0 spiro atoms. The van der Waals surface area contributed by atoms with Crippen molar-refractivity contribution in [3.63, 3.8) is 0 Å². The molecule has 1 aliphatic heterocycles. The molecule has 3 unspecified atom stereocenters. The normalized spacial score (nSPS) is 45.0. The zero-order valence-corrected chi connectivity index (χ0v) is 12.6. The van der Waals surface area contributed by atoms with Crippen LogP contribution in [0.25, 0.3) is 0 Å². The number of ether oxygens (including phenoxy) is 1. The molecule has 2 saturated carbocycles. The largest absolute Gasteiger partial charge is 0.385 e. The fraction of sp³-hybridized carbons (Fsp3) is 0.938. The van der Waals surface area contributed by atoms with E-state index >= 15 is 0 Å². The highest BCUT2D eigenvalue weighted by Gasteiger charge is 2.51. The molecule has 0 bridgehead atoms. The second-order valence-electron chi connectivity index (χ2n) is 6.98. The lowest BCUT2D eigenvalue weighted by Gasteiger charge is -2.39. The van der Waals surface area contributed by atoms with Gasteiger partial charge >= 0.3 is 0 Å². The Hall–Kier alpha value is -0.610. The van der Waals surface area contributed by atoms with Crippen molar-refractivity contribution in [2.75, 3.05) is 7.11 Å². The third-order valence-electron chi connectivity index (χ3n) is 5.82. The lowest BCUT2D eigenvalue weighted by molar-refractivity contribution is -0.00492. The summed E-state index contributed by atoms with van der Waals surface area (Å²) in [6, 6.07) is 0.282. The number of aliphatic hydroxyl groups is 1. The van der Waals surface area contributed by atoms with Crippen molar-refractivity contribution >= 4 is 5.84 Å². The maximum atomic E-state index is 11.1. The van der Waals surface area contributed by atoms with Crippen LogP contribution in [-0.4, -0.2) is 35.8 Å². The first-order valence-electron chi connectivity index (χ1n) is 8.22. The molecule has 4 nitrogen and oxygen atoms in total. The van der Waals surface area contributed by atoms with Crippen LogP contribution in [0.3, 0.4) is 0 Å². The zero-order chi connectivity index (χ0) is 14.2. The highest BCUT2D eigenvalue weighted by molar-refractivity contribution is 5.91. The number of hydrogen-bond acceptors (Lipinski definition) is 4. The van der Waals surface area contributed by atoms with Gasteiger partial charge in [-0.25, -0.2) is 0 Å². The first-order chi connectivity index (χ1) is 9.63. The van der Waals surface area contributed by atoms with Crippen molar-refractivity contribution in [3.8, 4) is 0 Å². The van der Waals surface area contributed by atoms with Crippen molar-refractivity contribution in [2.45, 2.75) is 75.5 Å². The molecule has 20 heavy (non-hydrogen) atoms. The summed E-state index contributed by atoms with van der Waals surface area (Å²) in [5.74, 6) is 1.36. The number of methoxy groups -OCH3 is 1. The number of aliphatic imine (C=N–C) groups is 1. The number of nitrogens with zero attached hydrogens (tertiary/aromatic N) is 1. The topological polar surface area (TPSA) is 67.8 Å². The van der Waals surface area contributed by atoms with E-state index in [0.717, 1.165) is 44.9 Å². The molecule has 0 aromatic carbocycles. The fourth-order valence-corrected chi connectivity index (χ4v) is 4.57. The van der Waals surface area contributed by atoms with Gasteiger partial charge in [-0.15, -0.1) is 0 Å². The average Bonchev–Trinajstić information content (AvgIpc) is 2.72. The molecular formula is C16H28N2O2. The van der Waals surface area contributed by atoms with Crippen LogP contribution in [0.1, 0.15) is 57.8 Å². The summed E-state index contributed by atoms with van der Waals surface area (Å²) >= 11 is 0. The van der Waals surface area contributed by atoms with E-state index in [4.69, 9.17) is 10.5 Å². The lowest BCUT2D eigenvalue weighted by atomic mass is 9.70. The van der Waals surface area contributed by atoms with E-state index in [2.05, 4.69) is 4.99 Å². The summed E-state index contributed by atoms with van der Waals surface area (Å²) in [4.78, 5) is 4.58. The first-order valence-corrected chi connectivity index (χ1v) is 8.22. The Labute approximate surface area is 121 Å². The van der Waals surface area contributed by atoms with Crippen molar-refractivity contribution in [1.82, 2.24) is 0 Å². The predicted octanol–water partition coefficient (Wildman–Crippen LogP) is 2.24. The van der Waals surface area contributed by atoms with Crippen LogP contribution in [-0.2, 0) is 4.74 Å². The Morgan fingerprint density at radius 3 is 2.60 bits per heavy atom. The number of hydrogen-bond donors (Lipinski definition) is 2. The van der Waals surface area contributed by atoms with Gasteiger partial charge in [-0.05, 0) is 50.9 Å². The highest BCUT2D eigenvalue weighted by atomic mass is 16.5. The molecule has 0 amide bonds. The maximum absolute atomic E-state index is 11.1. The van der Waals surface area contributed by atoms with Crippen LogP contribution in [0.5, 0.6) is 0 Å². The van der Waals surface area contributed by atoms with Crippen LogP contribution in [0.15, 0.2) is 4.99 Å². The van der Waals surface area contributed by atoms with E-state index in [1.165, 1.54) is 12.8 Å². The number of fused-ring (bicyclic) bond motifs is 1. The fourth-order valence-electron chi connectivity index (χ4n) is 4.57. The lowest BCUT2D eigenvalue weighted by Crippen LogP contribution is -2.50. The van der Waals surface area contributed by atoms with Gasteiger partial charge in [0.15, 0.2) is 0 Å². The van der Waals surface area contributed by atoms with E-state index < -0.39 is 5.60 Å². The molecule has 3 rings (SSSR count). The summed E-state index contributed by atoms with van der Waals surface area (Å²) in [7, 11) is 1.80. The molecule has 3 N–H and O–H groups in total. The highest BCUT2D eigenvalue weighted by Crippen LogP contribution is 2.44. The van der Waals surface area contributed by atoms with E-state index in [1.807, 2.05) is 0 Å². The van der Waals surface area contributed by atoms with E-state index in [0.29, 0.717) is 17.9 Å². The molecule has 1 heterocycles. The van der Waals surface area contributed by atoms with Gasteiger partial charge in [0.2, 0.25) is 0 Å². The summed E-state index contributed by atoms with van der Waals surface area (Å²) in [5.41, 5.74) is 5.30. The number of rotatable bonds is 3. The smallest absolute Gasteiger partial charge is 0.127 e. The molecule has 2 aliphatic carbocycles. The van der Waals surface area contributed by atoms with Crippen molar-refractivity contribution in [2.24, 2.45) is 22.6 Å². The Kier molecular flexibility index (Phi) is 4.04. The molecule has 0 radical (unpaired) electrons. The second-order valence-corrected chi connectivity index (χ2v) is 6.98. The second kappa shape index (κ2) is 5.64. The van der Waals surface area contributed by atoms with Gasteiger partial charge in [0.1, 0.15) is 11.4 Å². The summed E-state index contributed by atoms with van der Waals surface area (Å²) < 4.78 is 5.43. The summed E-state index contributed by atoms with van der Waals surface area (Å²) in [6.45, 7) is 0. The van der Waals surface area contributed by atoms with Gasteiger partial charge in [0.05, 0.1) is 12.1 Å². The molecule has 3 atom stereocenters. The minimum absolute atomic E-state index is 0.274. The minimum Gasteiger partial charge on any atom is -0.385 e. The summed E-state index contributed by atoms with van der Waals surface area (Å²) in [5, 5.41) is 11.1. The van der Waals surface area contributed by atoms with Crippen molar-refractivity contribution in [3.05, 3.63) is 0 Å². The SMILES string of the molecule is COC1CCC(CC2(O)C(N)=NC3CCCCC32)CC1. The zero-order valence-electron chi connectivity index (χ0n) is 12.6. The first kappa shape index (κ1) is 14.3. The molecule has 3 aliphatic rings. The standard InChI is InChI=1S/C16H28N2O2/c1-20-12-8-6-11(7-9-12)10-16(19)13-4-2-3-5-14(13)18-15(16)17/h11-14,19H,2-10H2,1H3,(H2,17,18). The van der Waals surface area contributed by atoms with Crippen molar-refractivity contribution in [1.29, 1.82) is 0 Å². The minimum atomic E-state index is -0.824. The van der Waals surface area contributed by atoms with E-state index in [1.54, 1.807) is 7.11 Å². The van der Waals surface area contributed by atoms with Crippen molar-refractivity contribution < 1.29 is 9.84 Å². The maximum Gasteiger partial charge on any atom is 0.127 e. The summed E-state index contributed by atoms with van der Waals surface area (Å²) in [6.07, 6.45) is 10.4. The third-order valence-corrected chi connectivity index (χ3v) is 5.82. The van der Waals surface area contributed by atoms with Gasteiger partial charge in [-0.2, -0.15) is 0 Å². The molecule has 2 fully saturated rings.